The van der Waals surface area contributed by atoms with E-state index in [4.69, 9.17) is 4.42 Å². The van der Waals surface area contributed by atoms with Crippen LogP contribution < -0.4 is 0 Å². The number of rotatable bonds is 3. The van der Waals surface area contributed by atoms with Gasteiger partial charge in [-0.25, -0.2) is 4.79 Å². The molecule has 1 heterocycles. The molecule has 0 radical (unpaired) electrons. The normalized spacial score (nSPS) is 10.3. The van der Waals surface area contributed by atoms with Crippen LogP contribution in [-0.2, 0) is 0 Å². The monoisotopic (exact) mass is 244 g/mol. The first kappa shape index (κ1) is 12.1. The molecule has 0 spiro atoms. The van der Waals surface area contributed by atoms with Crippen LogP contribution in [0.1, 0.15) is 32.0 Å². The average molecular weight is 244 g/mol. The Hall–Kier alpha value is -2.36. The fraction of sp³-hybridized carbons (Fsp3) is 0.143. The summed E-state index contributed by atoms with van der Waals surface area (Å²) in [5.74, 6) is -0.436. The van der Waals surface area contributed by atoms with E-state index in [-0.39, 0.29) is 11.3 Å². The van der Waals surface area contributed by atoms with E-state index >= 15 is 0 Å². The van der Waals surface area contributed by atoms with Crippen molar-refractivity contribution >= 4 is 12.3 Å². The van der Waals surface area contributed by atoms with Crippen molar-refractivity contribution in [3.8, 4) is 11.3 Å². The predicted molar refractivity (Wildman–Crippen MR) is 66.0 cm³/mol. The Balaban J connectivity index is 2.69. The third-order valence-electron chi connectivity index (χ3n) is 2.70. The van der Waals surface area contributed by atoms with E-state index in [9.17, 15) is 14.7 Å². The van der Waals surface area contributed by atoms with Gasteiger partial charge in [-0.3, -0.25) is 4.79 Å². The van der Waals surface area contributed by atoms with Crippen molar-refractivity contribution in [1.82, 2.24) is 0 Å². The Kier molecular flexibility index (Phi) is 3.02. The van der Waals surface area contributed by atoms with Crippen LogP contribution in [-0.4, -0.2) is 17.4 Å². The summed E-state index contributed by atoms with van der Waals surface area (Å²) in [6.45, 7) is 3.65. The molecular formula is C14H12O4. The molecule has 0 bridgehead atoms. The molecule has 4 heteroatoms. The largest absolute Gasteiger partial charge is 0.478 e. The van der Waals surface area contributed by atoms with Crippen LogP contribution in [0.2, 0.25) is 0 Å². The van der Waals surface area contributed by atoms with Crippen molar-refractivity contribution in [3.63, 3.8) is 0 Å². The second-order valence-electron chi connectivity index (χ2n) is 4.13. The first-order chi connectivity index (χ1) is 8.52. The number of carboxylic acid groups (broad SMARTS) is 1. The van der Waals surface area contributed by atoms with Crippen molar-refractivity contribution in [1.29, 1.82) is 0 Å². The van der Waals surface area contributed by atoms with Gasteiger partial charge in [-0.15, -0.1) is 0 Å². The molecule has 0 saturated heterocycles. The predicted octanol–water partition coefficient (Wildman–Crippen LogP) is 3.07. The second-order valence-corrected chi connectivity index (χ2v) is 4.13. The number of aromatic carboxylic acids is 1. The Morgan fingerprint density at radius 1 is 1.28 bits per heavy atom. The molecule has 0 aliphatic heterocycles. The van der Waals surface area contributed by atoms with E-state index in [2.05, 4.69) is 0 Å². The van der Waals surface area contributed by atoms with Crippen molar-refractivity contribution in [2.24, 2.45) is 0 Å². The van der Waals surface area contributed by atoms with Gasteiger partial charge in [0.05, 0.1) is 5.56 Å². The van der Waals surface area contributed by atoms with E-state index in [0.29, 0.717) is 17.6 Å². The number of carbonyl (C=O) groups is 2. The van der Waals surface area contributed by atoms with Gasteiger partial charge in [0.1, 0.15) is 5.76 Å². The first-order valence-corrected chi connectivity index (χ1v) is 5.43. The molecule has 0 aliphatic rings. The lowest BCUT2D eigenvalue weighted by molar-refractivity contribution is 0.0697. The van der Waals surface area contributed by atoms with Crippen LogP contribution in [0.4, 0.5) is 0 Å². The molecular weight excluding hydrogens is 232 g/mol. The number of benzene rings is 1. The standard InChI is InChI=1S/C14H12O4/c1-8-5-9(2)13(11(6-8)14(16)17)12-4-3-10(7-15)18-12/h3-7H,1-2H3,(H,16,17). The van der Waals surface area contributed by atoms with Gasteiger partial charge < -0.3 is 9.52 Å². The van der Waals surface area contributed by atoms with Crippen molar-refractivity contribution in [2.75, 3.05) is 0 Å². The maximum Gasteiger partial charge on any atom is 0.336 e. The molecule has 0 fully saturated rings. The fourth-order valence-electron chi connectivity index (χ4n) is 2.01. The highest BCUT2D eigenvalue weighted by atomic mass is 16.4. The summed E-state index contributed by atoms with van der Waals surface area (Å²) in [6.07, 6.45) is 0.591. The summed E-state index contributed by atoms with van der Waals surface area (Å²) in [5.41, 5.74) is 2.37. The van der Waals surface area contributed by atoms with Gasteiger partial charge in [-0.05, 0) is 43.2 Å². The highest BCUT2D eigenvalue weighted by Gasteiger charge is 2.17. The second kappa shape index (κ2) is 4.49. The number of hydrogen-bond donors (Lipinski definition) is 1. The highest BCUT2D eigenvalue weighted by Crippen LogP contribution is 2.30. The van der Waals surface area contributed by atoms with Crippen LogP contribution in [0, 0.1) is 13.8 Å². The molecule has 0 atom stereocenters. The van der Waals surface area contributed by atoms with Crippen LogP contribution in [0.5, 0.6) is 0 Å². The molecule has 0 aliphatic carbocycles. The minimum atomic E-state index is -1.01. The zero-order valence-electron chi connectivity index (χ0n) is 10.1. The molecule has 0 amide bonds. The summed E-state index contributed by atoms with van der Waals surface area (Å²) in [5, 5.41) is 9.23. The highest BCUT2D eigenvalue weighted by molar-refractivity contribution is 5.96. The van der Waals surface area contributed by atoms with Crippen molar-refractivity contribution < 1.29 is 19.1 Å². The van der Waals surface area contributed by atoms with Gasteiger partial charge in [0.2, 0.25) is 0 Å². The van der Waals surface area contributed by atoms with Crippen LogP contribution in [0.25, 0.3) is 11.3 Å². The molecule has 4 nitrogen and oxygen atoms in total. The fourth-order valence-corrected chi connectivity index (χ4v) is 2.01. The summed E-state index contributed by atoms with van der Waals surface area (Å²) in [7, 11) is 0. The Labute approximate surface area is 104 Å². The molecule has 92 valence electrons. The third-order valence-corrected chi connectivity index (χ3v) is 2.70. The Morgan fingerprint density at radius 3 is 2.56 bits per heavy atom. The summed E-state index contributed by atoms with van der Waals surface area (Å²) in [6, 6.07) is 6.60. The van der Waals surface area contributed by atoms with E-state index in [1.165, 1.54) is 6.07 Å². The molecule has 2 aromatic rings. The molecule has 1 N–H and O–H groups in total. The maximum absolute atomic E-state index is 11.3. The van der Waals surface area contributed by atoms with Gasteiger partial charge in [0, 0.05) is 5.56 Å². The molecule has 1 aromatic carbocycles. The molecule has 1 aromatic heterocycles. The quantitative estimate of drug-likeness (QED) is 0.842. The molecule has 18 heavy (non-hydrogen) atoms. The first-order valence-electron chi connectivity index (χ1n) is 5.43. The number of furan rings is 1. The smallest absolute Gasteiger partial charge is 0.336 e. The lowest BCUT2D eigenvalue weighted by atomic mass is 9.97. The number of aldehydes is 1. The number of hydrogen-bond acceptors (Lipinski definition) is 3. The molecule has 0 saturated carbocycles. The zero-order chi connectivity index (χ0) is 13.3. The Bertz CT molecular complexity index is 623. The third kappa shape index (κ3) is 2.05. The minimum absolute atomic E-state index is 0.180. The van der Waals surface area contributed by atoms with E-state index in [1.807, 2.05) is 19.9 Å². The van der Waals surface area contributed by atoms with Gasteiger partial charge in [-0.1, -0.05) is 6.07 Å². The topological polar surface area (TPSA) is 67.5 Å². The van der Waals surface area contributed by atoms with Crippen LogP contribution in [0.15, 0.2) is 28.7 Å². The van der Waals surface area contributed by atoms with Crippen molar-refractivity contribution in [2.45, 2.75) is 13.8 Å². The van der Waals surface area contributed by atoms with E-state index in [1.54, 1.807) is 12.1 Å². The van der Waals surface area contributed by atoms with Crippen molar-refractivity contribution in [3.05, 3.63) is 46.7 Å². The van der Waals surface area contributed by atoms with E-state index in [0.717, 1.165) is 11.1 Å². The maximum atomic E-state index is 11.3. The van der Waals surface area contributed by atoms with Gasteiger partial charge in [0.15, 0.2) is 12.0 Å². The lowest BCUT2D eigenvalue weighted by Crippen LogP contribution is -2.02. The lowest BCUT2D eigenvalue weighted by Gasteiger charge is -2.08. The zero-order valence-corrected chi connectivity index (χ0v) is 10.1. The number of carbonyl (C=O) groups excluding carboxylic acids is 1. The van der Waals surface area contributed by atoms with Gasteiger partial charge >= 0.3 is 5.97 Å². The summed E-state index contributed by atoms with van der Waals surface area (Å²) < 4.78 is 5.30. The number of carboxylic acids is 1. The summed E-state index contributed by atoms with van der Waals surface area (Å²) >= 11 is 0. The summed E-state index contributed by atoms with van der Waals surface area (Å²) in [4.78, 5) is 21.9. The van der Waals surface area contributed by atoms with Gasteiger partial charge in [-0.2, -0.15) is 0 Å². The van der Waals surface area contributed by atoms with Crippen LogP contribution >= 0.6 is 0 Å². The molecule has 0 unspecified atom stereocenters. The minimum Gasteiger partial charge on any atom is -0.478 e. The molecule has 2 rings (SSSR count). The van der Waals surface area contributed by atoms with Crippen LogP contribution in [0.3, 0.4) is 0 Å². The van der Waals surface area contributed by atoms with E-state index < -0.39 is 5.97 Å². The van der Waals surface area contributed by atoms with Gasteiger partial charge in [0.25, 0.3) is 0 Å². The number of aryl methyl sites for hydroxylation is 2. The Morgan fingerprint density at radius 2 is 2.00 bits per heavy atom. The SMILES string of the molecule is Cc1cc(C)c(-c2ccc(C=O)o2)c(C(=O)O)c1. The average Bonchev–Trinajstić information content (AvgIpc) is 2.76.